The normalized spacial score (nSPS) is 15.8. The van der Waals surface area contributed by atoms with Gasteiger partial charge in [0.05, 0.1) is 18.4 Å². The zero-order chi connectivity index (χ0) is 28.0. The van der Waals surface area contributed by atoms with Gasteiger partial charge in [0.15, 0.2) is 12.2 Å². The number of nitrogens with zero attached hydrogens (tertiary/aromatic N) is 1. The first-order valence-corrected chi connectivity index (χ1v) is 11.7. The third kappa shape index (κ3) is 4.58. The zero-order valence-corrected chi connectivity index (χ0v) is 21.2. The zero-order valence-electron chi connectivity index (χ0n) is 20.4. The average Bonchev–Trinajstić information content (AvgIpc) is 2.88. The Morgan fingerprint density at radius 3 is 2.37 bits per heavy atom. The number of carbonyl (C=O) groups is 2. The summed E-state index contributed by atoms with van der Waals surface area (Å²) in [4.78, 5) is 24.8. The van der Waals surface area contributed by atoms with Gasteiger partial charge in [0.25, 0.3) is 5.91 Å². The summed E-state index contributed by atoms with van der Waals surface area (Å²) in [7, 11) is 2.52. The van der Waals surface area contributed by atoms with Crippen molar-refractivity contribution >= 4 is 29.2 Å². The first-order chi connectivity index (χ1) is 17.8. The molecule has 4 rings (SSSR count). The minimum absolute atomic E-state index is 0.0136. The summed E-state index contributed by atoms with van der Waals surface area (Å²) in [6, 6.07) is 11.3. The number of fused-ring (bicyclic) bond motifs is 1. The SMILES string of the molecule is COC(=O)c1ccc(-c2ccc([C@H](C)[C@](O)(c3ccc4c(c3)N(C)C(=O)CO4)C(F)(F)F)c(Cl)c2)cc1F. The third-order valence-corrected chi connectivity index (χ3v) is 7.05. The fourth-order valence-corrected chi connectivity index (χ4v) is 4.77. The monoisotopic (exact) mass is 551 g/mol. The minimum Gasteiger partial charge on any atom is -0.482 e. The molecule has 1 aliphatic heterocycles. The molecule has 3 aromatic carbocycles. The fourth-order valence-electron chi connectivity index (χ4n) is 4.42. The number of amides is 1. The van der Waals surface area contributed by atoms with Gasteiger partial charge in [-0.05, 0) is 52.6 Å². The molecule has 6 nitrogen and oxygen atoms in total. The molecule has 1 N–H and O–H groups in total. The highest BCUT2D eigenvalue weighted by Gasteiger charge is 2.59. The largest absolute Gasteiger partial charge is 0.482 e. The van der Waals surface area contributed by atoms with Gasteiger partial charge in [-0.3, -0.25) is 4.79 Å². The quantitative estimate of drug-likeness (QED) is 0.318. The molecule has 11 heteroatoms. The number of halogens is 5. The molecule has 3 aromatic rings. The van der Waals surface area contributed by atoms with Crippen LogP contribution in [0.1, 0.15) is 34.3 Å². The molecule has 0 bridgehead atoms. The number of aliphatic hydroxyl groups is 1. The molecule has 0 aromatic heterocycles. The van der Waals surface area contributed by atoms with Crippen LogP contribution in [0.3, 0.4) is 0 Å². The molecule has 0 radical (unpaired) electrons. The lowest BCUT2D eigenvalue weighted by molar-refractivity contribution is -0.274. The summed E-state index contributed by atoms with van der Waals surface area (Å²) in [5.41, 5.74) is -3.38. The molecule has 1 aliphatic rings. The van der Waals surface area contributed by atoms with Crippen molar-refractivity contribution in [1.29, 1.82) is 0 Å². The van der Waals surface area contributed by atoms with E-state index in [4.69, 9.17) is 16.3 Å². The van der Waals surface area contributed by atoms with Gasteiger partial charge in [0.2, 0.25) is 0 Å². The van der Waals surface area contributed by atoms with E-state index in [0.29, 0.717) is 11.1 Å². The third-order valence-electron chi connectivity index (χ3n) is 6.72. The summed E-state index contributed by atoms with van der Waals surface area (Å²) < 4.78 is 67.7. The molecule has 0 fully saturated rings. The number of likely N-dealkylation sites (N-methyl/N-ethyl adjacent to an activating group) is 1. The van der Waals surface area contributed by atoms with Crippen molar-refractivity contribution in [2.75, 3.05) is 25.7 Å². The van der Waals surface area contributed by atoms with Gasteiger partial charge in [0, 0.05) is 18.0 Å². The van der Waals surface area contributed by atoms with Gasteiger partial charge >= 0.3 is 12.1 Å². The van der Waals surface area contributed by atoms with Crippen molar-refractivity contribution in [3.63, 3.8) is 0 Å². The van der Waals surface area contributed by atoms with Crippen molar-refractivity contribution in [3.05, 3.63) is 82.1 Å². The Balaban J connectivity index is 1.75. The summed E-state index contributed by atoms with van der Waals surface area (Å²) in [6.45, 7) is 0.935. The Kier molecular flexibility index (Phi) is 7.15. The number of rotatable bonds is 5. The fraction of sp³-hybridized carbons (Fsp3) is 0.259. The van der Waals surface area contributed by atoms with Gasteiger partial charge in [0.1, 0.15) is 11.6 Å². The molecule has 0 spiro atoms. The maximum absolute atomic E-state index is 14.5. The van der Waals surface area contributed by atoms with Crippen LogP contribution in [0, 0.1) is 5.82 Å². The van der Waals surface area contributed by atoms with E-state index < -0.39 is 41.0 Å². The van der Waals surface area contributed by atoms with Crippen LogP contribution in [0.5, 0.6) is 5.75 Å². The molecule has 1 amide bonds. The molecule has 0 unspecified atom stereocenters. The second-order valence-corrected chi connectivity index (χ2v) is 9.24. The summed E-state index contributed by atoms with van der Waals surface area (Å²) in [5, 5.41) is 11.1. The Bertz CT molecular complexity index is 1430. The van der Waals surface area contributed by atoms with E-state index in [1.807, 2.05) is 0 Å². The number of hydrogen-bond donors (Lipinski definition) is 1. The number of benzene rings is 3. The predicted octanol–water partition coefficient (Wildman–Crippen LogP) is 5.84. The average molecular weight is 552 g/mol. The minimum atomic E-state index is -5.13. The van der Waals surface area contributed by atoms with E-state index in [0.717, 1.165) is 30.2 Å². The number of esters is 1. The molecule has 1 heterocycles. The highest BCUT2D eigenvalue weighted by atomic mass is 35.5. The molecular formula is C27H22ClF4NO5. The number of ether oxygens (including phenoxy) is 2. The second-order valence-electron chi connectivity index (χ2n) is 8.83. The topological polar surface area (TPSA) is 76.1 Å². The van der Waals surface area contributed by atoms with Crippen LogP contribution in [0.2, 0.25) is 5.02 Å². The number of alkyl halides is 3. The maximum atomic E-state index is 14.5. The van der Waals surface area contributed by atoms with Gasteiger partial charge in [-0.1, -0.05) is 42.8 Å². The van der Waals surface area contributed by atoms with Gasteiger partial charge in [-0.25, -0.2) is 9.18 Å². The van der Waals surface area contributed by atoms with Crippen LogP contribution in [-0.2, 0) is 15.1 Å². The Hall–Kier alpha value is -3.63. The molecule has 38 heavy (non-hydrogen) atoms. The lowest BCUT2D eigenvalue weighted by atomic mass is 9.77. The van der Waals surface area contributed by atoms with Gasteiger partial charge in [-0.2, -0.15) is 13.2 Å². The molecular weight excluding hydrogens is 530 g/mol. The molecule has 0 saturated heterocycles. The Morgan fingerprint density at radius 2 is 1.76 bits per heavy atom. The Labute approximate surface area is 220 Å². The van der Waals surface area contributed by atoms with Crippen molar-refractivity contribution in [2.24, 2.45) is 0 Å². The van der Waals surface area contributed by atoms with E-state index >= 15 is 0 Å². The predicted molar refractivity (Wildman–Crippen MR) is 132 cm³/mol. The van der Waals surface area contributed by atoms with Crippen LogP contribution in [0.25, 0.3) is 11.1 Å². The maximum Gasteiger partial charge on any atom is 0.422 e. The van der Waals surface area contributed by atoms with Crippen LogP contribution < -0.4 is 9.64 Å². The van der Waals surface area contributed by atoms with Crippen molar-refractivity contribution in [3.8, 4) is 16.9 Å². The smallest absolute Gasteiger partial charge is 0.422 e. The van der Waals surface area contributed by atoms with Gasteiger partial charge in [-0.15, -0.1) is 0 Å². The highest BCUT2D eigenvalue weighted by Crippen LogP contribution is 2.51. The number of hydrogen-bond acceptors (Lipinski definition) is 5. The van der Waals surface area contributed by atoms with Crippen LogP contribution in [0.4, 0.5) is 23.2 Å². The number of methoxy groups -OCH3 is 1. The molecule has 200 valence electrons. The lowest BCUT2D eigenvalue weighted by Gasteiger charge is -2.38. The van der Waals surface area contributed by atoms with E-state index in [9.17, 15) is 32.3 Å². The van der Waals surface area contributed by atoms with Crippen molar-refractivity contribution in [2.45, 2.75) is 24.6 Å². The number of carbonyl (C=O) groups excluding carboxylic acids is 2. The molecule has 2 atom stereocenters. The first kappa shape index (κ1) is 27.4. The van der Waals surface area contributed by atoms with E-state index in [-0.39, 0.29) is 34.2 Å². The summed E-state index contributed by atoms with van der Waals surface area (Å²) in [5.74, 6) is -3.53. The molecule has 0 aliphatic carbocycles. The van der Waals surface area contributed by atoms with Crippen LogP contribution >= 0.6 is 11.6 Å². The standard InChI is InChI=1S/C27H22ClF4NO5/c1-14(18-7-4-15(10-20(18)28)16-5-8-19(21(29)11-16)25(35)37-3)26(36,27(30,31)32)17-6-9-23-22(12-17)33(2)24(34)13-38-23/h4-12,14,36H,13H2,1-3H3/t14-,26-/m0/s1. The van der Waals surface area contributed by atoms with Gasteiger partial charge < -0.3 is 19.5 Å². The van der Waals surface area contributed by atoms with E-state index in [1.165, 1.54) is 50.4 Å². The van der Waals surface area contributed by atoms with Crippen molar-refractivity contribution in [1.82, 2.24) is 0 Å². The summed E-state index contributed by atoms with van der Waals surface area (Å²) in [6.07, 6.45) is -5.13. The van der Waals surface area contributed by atoms with Crippen LogP contribution in [0.15, 0.2) is 54.6 Å². The van der Waals surface area contributed by atoms with E-state index in [1.54, 1.807) is 0 Å². The van der Waals surface area contributed by atoms with Crippen molar-refractivity contribution < 1.29 is 41.7 Å². The molecule has 0 saturated carbocycles. The van der Waals surface area contributed by atoms with Crippen LogP contribution in [-0.4, -0.2) is 43.9 Å². The summed E-state index contributed by atoms with van der Waals surface area (Å²) >= 11 is 6.40. The second kappa shape index (κ2) is 9.92. The first-order valence-electron chi connectivity index (χ1n) is 11.3. The Morgan fingerprint density at radius 1 is 1.11 bits per heavy atom. The number of anilines is 1. The highest BCUT2D eigenvalue weighted by molar-refractivity contribution is 6.31. The lowest BCUT2D eigenvalue weighted by Crippen LogP contribution is -2.47. The van der Waals surface area contributed by atoms with E-state index in [2.05, 4.69) is 4.74 Å².